The number of para-hydroxylation sites is 1. The first kappa shape index (κ1) is 25.4. The summed E-state index contributed by atoms with van der Waals surface area (Å²) in [5, 5.41) is 22.0. The van der Waals surface area contributed by atoms with Crippen molar-refractivity contribution < 1.29 is 14.3 Å². The zero-order chi connectivity index (χ0) is 25.3. The molecule has 1 aliphatic rings. The van der Waals surface area contributed by atoms with Crippen molar-refractivity contribution in [2.75, 3.05) is 18.5 Å². The SMILES string of the molecule is Cc1cccc(C)c1OCCOc1ccc(/C=C(/C#N)C(=O)Nc2nnc(C3CCCCC3)s2)cc1. The van der Waals surface area contributed by atoms with Gasteiger partial charge in [0, 0.05) is 5.92 Å². The number of amides is 1. The second-order valence-corrected chi connectivity index (χ2v) is 9.90. The van der Waals surface area contributed by atoms with E-state index < -0.39 is 5.91 Å². The summed E-state index contributed by atoms with van der Waals surface area (Å²) in [6.07, 6.45) is 7.46. The quantitative estimate of drug-likeness (QED) is 0.212. The number of aryl methyl sites for hydroxylation is 2. The number of ether oxygens (including phenoxy) is 2. The van der Waals surface area contributed by atoms with Gasteiger partial charge in [0.05, 0.1) is 0 Å². The molecule has 36 heavy (non-hydrogen) atoms. The molecule has 4 rings (SSSR count). The molecule has 0 aliphatic heterocycles. The first-order chi connectivity index (χ1) is 17.5. The molecule has 1 heterocycles. The zero-order valence-electron chi connectivity index (χ0n) is 20.6. The lowest BCUT2D eigenvalue weighted by Gasteiger charge is -2.18. The maximum Gasteiger partial charge on any atom is 0.268 e. The van der Waals surface area contributed by atoms with Gasteiger partial charge in [-0.1, -0.05) is 60.9 Å². The lowest BCUT2D eigenvalue weighted by molar-refractivity contribution is -0.112. The fourth-order valence-corrected chi connectivity index (χ4v) is 5.18. The van der Waals surface area contributed by atoms with Crippen LogP contribution in [0.25, 0.3) is 6.08 Å². The van der Waals surface area contributed by atoms with Crippen LogP contribution in [0.5, 0.6) is 11.5 Å². The Morgan fingerprint density at radius 2 is 1.75 bits per heavy atom. The molecule has 1 aromatic heterocycles. The summed E-state index contributed by atoms with van der Waals surface area (Å²) in [6, 6.07) is 15.2. The van der Waals surface area contributed by atoms with Crippen molar-refractivity contribution in [2.45, 2.75) is 51.9 Å². The molecule has 186 valence electrons. The van der Waals surface area contributed by atoms with Gasteiger partial charge in [0.25, 0.3) is 5.91 Å². The van der Waals surface area contributed by atoms with Crippen LogP contribution in [0.1, 0.15) is 59.7 Å². The van der Waals surface area contributed by atoms with Gasteiger partial charge in [0.15, 0.2) is 0 Å². The fraction of sp³-hybridized carbons (Fsp3) is 0.357. The van der Waals surface area contributed by atoms with Crippen molar-refractivity contribution in [1.82, 2.24) is 10.2 Å². The predicted molar refractivity (Wildman–Crippen MR) is 141 cm³/mol. The molecule has 2 aromatic carbocycles. The summed E-state index contributed by atoms with van der Waals surface area (Å²) >= 11 is 1.40. The number of anilines is 1. The molecule has 1 amide bonds. The third-order valence-electron chi connectivity index (χ3n) is 6.18. The van der Waals surface area contributed by atoms with Crippen LogP contribution in [0.15, 0.2) is 48.0 Å². The van der Waals surface area contributed by atoms with Gasteiger partial charge in [0.2, 0.25) is 5.13 Å². The summed E-state index contributed by atoms with van der Waals surface area (Å²) in [5.41, 5.74) is 2.92. The van der Waals surface area contributed by atoms with E-state index in [-0.39, 0.29) is 5.57 Å². The number of hydrogen-bond acceptors (Lipinski definition) is 7. The predicted octanol–water partition coefficient (Wildman–Crippen LogP) is 6.21. The molecule has 7 nitrogen and oxygen atoms in total. The van der Waals surface area contributed by atoms with E-state index >= 15 is 0 Å². The van der Waals surface area contributed by atoms with Crippen LogP contribution in [0.3, 0.4) is 0 Å². The highest BCUT2D eigenvalue weighted by molar-refractivity contribution is 7.15. The van der Waals surface area contributed by atoms with Crippen LogP contribution >= 0.6 is 11.3 Å². The average Bonchev–Trinajstić information content (AvgIpc) is 3.36. The van der Waals surface area contributed by atoms with Gasteiger partial charge in [0.1, 0.15) is 41.4 Å². The second-order valence-electron chi connectivity index (χ2n) is 8.89. The second kappa shape index (κ2) is 12.3. The van der Waals surface area contributed by atoms with Gasteiger partial charge >= 0.3 is 0 Å². The monoisotopic (exact) mass is 502 g/mol. The number of nitriles is 1. The lowest BCUT2D eigenvalue weighted by atomic mass is 9.90. The minimum absolute atomic E-state index is 0.0000792. The van der Waals surface area contributed by atoms with Crippen LogP contribution in [0, 0.1) is 25.2 Å². The highest BCUT2D eigenvalue weighted by Crippen LogP contribution is 2.35. The zero-order valence-corrected chi connectivity index (χ0v) is 21.4. The van der Waals surface area contributed by atoms with Gasteiger partial charge in [-0.15, -0.1) is 10.2 Å². The normalized spacial score (nSPS) is 14.2. The molecule has 8 heteroatoms. The number of carbonyl (C=O) groups excluding carboxylic acids is 1. The molecule has 3 aromatic rings. The molecule has 0 saturated heterocycles. The van der Waals surface area contributed by atoms with Gasteiger partial charge in [-0.3, -0.25) is 10.1 Å². The molecular weight excluding hydrogens is 472 g/mol. The summed E-state index contributed by atoms with van der Waals surface area (Å²) in [5.74, 6) is 1.51. The van der Waals surface area contributed by atoms with Gasteiger partial charge in [-0.05, 0) is 61.6 Å². The summed E-state index contributed by atoms with van der Waals surface area (Å²) in [4.78, 5) is 12.6. The van der Waals surface area contributed by atoms with Crippen molar-refractivity contribution in [1.29, 1.82) is 5.26 Å². The summed E-state index contributed by atoms with van der Waals surface area (Å²) in [7, 11) is 0. The minimum atomic E-state index is -0.493. The number of hydrogen-bond donors (Lipinski definition) is 1. The smallest absolute Gasteiger partial charge is 0.268 e. The third-order valence-corrected chi connectivity index (χ3v) is 7.18. The van der Waals surface area contributed by atoms with Crippen LogP contribution in [0.4, 0.5) is 5.13 Å². The van der Waals surface area contributed by atoms with Crippen LogP contribution in [0.2, 0.25) is 0 Å². The molecule has 1 fully saturated rings. The van der Waals surface area contributed by atoms with E-state index in [0.717, 1.165) is 40.3 Å². The Morgan fingerprint density at radius 3 is 2.44 bits per heavy atom. The van der Waals surface area contributed by atoms with Gasteiger partial charge < -0.3 is 9.47 Å². The molecule has 0 unspecified atom stereocenters. The van der Waals surface area contributed by atoms with E-state index in [0.29, 0.717) is 30.0 Å². The lowest BCUT2D eigenvalue weighted by Crippen LogP contribution is -2.13. The van der Waals surface area contributed by atoms with E-state index in [2.05, 4.69) is 15.5 Å². The molecule has 0 bridgehead atoms. The summed E-state index contributed by atoms with van der Waals surface area (Å²) < 4.78 is 11.6. The number of aromatic nitrogens is 2. The number of nitrogens with one attached hydrogen (secondary N) is 1. The largest absolute Gasteiger partial charge is 0.490 e. The van der Waals surface area contributed by atoms with Crippen LogP contribution in [-0.2, 0) is 4.79 Å². The number of nitrogens with zero attached hydrogens (tertiary/aromatic N) is 3. The third kappa shape index (κ3) is 6.70. The van der Waals surface area contributed by atoms with Gasteiger partial charge in [-0.2, -0.15) is 5.26 Å². The highest BCUT2D eigenvalue weighted by atomic mass is 32.1. The molecule has 0 atom stereocenters. The molecule has 0 radical (unpaired) electrons. The average molecular weight is 503 g/mol. The number of carbonyl (C=O) groups is 1. The Kier molecular flexibility index (Phi) is 8.69. The topological polar surface area (TPSA) is 97.1 Å². The Hall–Kier alpha value is -3.70. The molecule has 1 aliphatic carbocycles. The number of rotatable bonds is 9. The summed E-state index contributed by atoms with van der Waals surface area (Å²) in [6.45, 7) is 4.88. The van der Waals surface area contributed by atoms with Crippen molar-refractivity contribution in [2.24, 2.45) is 0 Å². The van der Waals surface area contributed by atoms with Crippen molar-refractivity contribution in [3.05, 3.63) is 69.7 Å². The first-order valence-electron chi connectivity index (χ1n) is 12.2. The van der Waals surface area contributed by atoms with E-state index in [4.69, 9.17) is 9.47 Å². The van der Waals surface area contributed by atoms with Crippen molar-refractivity contribution in [3.8, 4) is 17.6 Å². The van der Waals surface area contributed by atoms with Crippen molar-refractivity contribution in [3.63, 3.8) is 0 Å². The van der Waals surface area contributed by atoms with E-state index in [1.54, 1.807) is 30.3 Å². The van der Waals surface area contributed by atoms with E-state index in [1.807, 2.05) is 38.1 Å². The first-order valence-corrected chi connectivity index (χ1v) is 13.0. The minimum Gasteiger partial charge on any atom is -0.490 e. The standard InChI is InChI=1S/C28H30N4O3S/c1-19-7-6-8-20(2)25(19)35-16-15-34-24-13-11-21(12-14-24)17-23(18-29)26(33)30-28-32-31-27(36-28)22-9-4-3-5-10-22/h6-8,11-14,17,22H,3-5,9-10,15-16H2,1-2H3,(H,30,32,33)/b23-17-. The molecular formula is C28H30N4O3S. The Bertz CT molecular complexity index is 1230. The molecule has 1 N–H and O–H groups in total. The highest BCUT2D eigenvalue weighted by Gasteiger charge is 2.21. The number of benzene rings is 2. The molecule has 0 spiro atoms. The van der Waals surface area contributed by atoms with Crippen LogP contribution < -0.4 is 14.8 Å². The Balaban J connectivity index is 1.29. The van der Waals surface area contributed by atoms with Crippen LogP contribution in [-0.4, -0.2) is 29.3 Å². The molecule has 1 saturated carbocycles. The fourth-order valence-electron chi connectivity index (χ4n) is 4.27. The van der Waals surface area contributed by atoms with E-state index in [9.17, 15) is 10.1 Å². The van der Waals surface area contributed by atoms with Gasteiger partial charge in [-0.25, -0.2) is 0 Å². The van der Waals surface area contributed by atoms with Crippen molar-refractivity contribution >= 4 is 28.5 Å². The van der Waals surface area contributed by atoms with E-state index in [1.165, 1.54) is 30.6 Å². The maximum absolute atomic E-state index is 12.6. The Labute approximate surface area is 215 Å². The maximum atomic E-state index is 12.6. The Morgan fingerprint density at radius 1 is 1.06 bits per heavy atom.